The second kappa shape index (κ2) is 11.2. The van der Waals surface area contributed by atoms with Crippen molar-refractivity contribution in [3.8, 4) is 0 Å². The molecule has 1 heterocycles. The lowest BCUT2D eigenvalue weighted by molar-refractivity contribution is -0.142. The van der Waals surface area contributed by atoms with Gasteiger partial charge in [-0.1, -0.05) is 55.2 Å². The smallest absolute Gasteiger partial charge is 0.328 e. The minimum atomic E-state index is -0.582. The van der Waals surface area contributed by atoms with Crippen LogP contribution < -0.4 is 16.0 Å². The molecule has 0 unspecified atom stereocenters. The second-order valence-electron chi connectivity index (χ2n) is 7.67. The number of carbonyl (C=O) groups excluding carboxylic acids is 2. The number of nitrogens with zero attached hydrogens (tertiary/aromatic N) is 2. The highest BCUT2D eigenvalue weighted by Crippen LogP contribution is 2.23. The lowest BCUT2D eigenvalue weighted by Gasteiger charge is -2.21. The van der Waals surface area contributed by atoms with Gasteiger partial charge in [0, 0.05) is 22.0 Å². The van der Waals surface area contributed by atoms with E-state index in [0.29, 0.717) is 27.2 Å². The van der Waals surface area contributed by atoms with Crippen LogP contribution in [0.15, 0.2) is 42.5 Å². The topological polar surface area (TPSA) is 105 Å². The van der Waals surface area contributed by atoms with Gasteiger partial charge in [-0.15, -0.1) is 0 Å². The van der Waals surface area contributed by atoms with Gasteiger partial charge in [-0.25, -0.2) is 19.6 Å². The predicted octanol–water partition coefficient (Wildman–Crippen LogP) is 4.55. The summed E-state index contributed by atoms with van der Waals surface area (Å²) in [5.74, 6) is 0.476. The minimum absolute atomic E-state index is 0.0294. The molecule has 0 saturated heterocycles. The van der Waals surface area contributed by atoms with Crippen molar-refractivity contribution in [1.82, 2.24) is 20.6 Å². The number of methoxy groups -OCH3 is 1. The average molecular weight is 490 g/mol. The number of ether oxygens (including phenoxy) is 1. The number of para-hydroxylation sites is 1. The fourth-order valence-corrected chi connectivity index (χ4v) is 3.62. The van der Waals surface area contributed by atoms with E-state index in [-0.39, 0.29) is 25.0 Å². The van der Waals surface area contributed by atoms with Crippen LogP contribution >= 0.6 is 23.2 Å². The van der Waals surface area contributed by atoms with Crippen molar-refractivity contribution in [1.29, 1.82) is 0 Å². The van der Waals surface area contributed by atoms with E-state index in [4.69, 9.17) is 27.9 Å². The van der Waals surface area contributed by atoms with E-state index in [1.165, 1.54) is 7.11 Å². The van der Waals surface area contributed by atoms with Crippen molar-refractivity contribution in [3.05, 3.63) is 63.9 Å². The molecular weight excluding hydrogens is 465 g/mol. The van der Waals surface area contributed by atoms with Crippen LogP contribution in [0.3, 0.4) is 0 Å². The Labute approximate surface area is 202 Å². The molecule has 0 spiro atoms. The molecule has 0 saturated carbocycles. The summed E-state index contributed by atoms with van der Waals surface area (Å²) in [5, 5.41) is 10.4. The molecule has 1 aromatic heterocycles. The van der Waals surface area contributed by atoms with E-state index >= 15 is 0 Å². The van der Waals surface area contributed by atoms with E-state index in [1.54, 1.807) is 18.2 Å². The molecule has 0 aliphatic rings. The van der Waals surface area contributed by atoms with Crippen molar-refractivity contribution < 1.29 is 14.3 Å². The van der Waals surface area contributed by atoms with E-state index in [9.17, 15) is 9.59 Å². The Kier molecular flexibility index (Phi) is 8.30. The van der Waals surface area contributed by atoms with E-state index in [0.717, 1.165) is 10.9 Å². The van der Waals surface area contributed by atoms with Crippen LogP contribution in [0.25, 0.3) is 10.9 Å². The van der Waals surface area contributed by atoms with Gasteiger partial charge in [-0.05, 0) is 35.7 Å². The number of halogens is 2. The third-order valence-electron chi connectivity index (χ3n) is 4.93. The first-order valence-corrected chi connectivity index (χ1v) is 11.1. The average Bonchev–Trinajstić information content (AvgIpc) is 2.79. The maximum atomic E-state index is 12.3. The summed E-state index contributed by atoms with van der Waals surface area (Å²) in [7, 11) is 1.35. The third-order valence-corrected chi connectivity index (χ3v) is 5.51. The van der Waals surface area contributed by atoms with Gasteiger partial charge < -0.3 is 20.7 Å². The number of carbonyl (C=O) groups is 2. The van der Waals surface area contributed by atoms with E-state index < -0.39 is 12.1 Å². The zero-order valence-corrected chi connectivity index (χ0v) is 20.0. The van der Waals surface area contributed by atoms with Crippen LogP contribution in [-0.2, 0) is 22.6 Å². The van der Waals surface area contributed by atoms with Gasteiger partial charge in [0.1, 0.15) is 11.9 Å². The molecule has 174 valence electrons. The molecule has 0 aliphatic heterocycles. The highest BCUT2D eigenvalue weighted by molar-refractivity contribution is 6.35. The van der Waals surface area contributed by atoms with Gasteiger partial charge in [-0.3, -0.25) is 0 Å². The van der Waals surface area contributed by atoms with Gasteiger partial charge >= 0.3 is 12.0 Å². The van der Waals surface area contributed by atoms with E-state index in [1.807, 2.05) is 38.1 Å². The number of aromatic nitrogens is 2. The number of nitrogens with one attached hydrogen (secondary N) is 3. The Morgan fingerprint density at radius 1 is 1.03 bits per heavy atom. The number of rotatable bonds is 8. The fourth-order valence-electron chi connectivity index (χ4n) is 3.15. The van der Waals surface area contributed by atoms with Crippen molar-refractivity contribution in [2.75, 3.05) is 12.4 Å². The zero-order valence-electron chi connectivity index (χ0n) is 18.5. The number of amides is 2. The lowest BCUT2D eigenvalue weighted by Crippen LogP contribution is -2.36. The number of hydrogen-bond acceptors (Lipinski definition) is 6. The quantitative estimate of drug-likeness (QED) is 0.401. The maximum absolute atomic E-state index is 12.3. The molecule has 3 rings (SSSR count). The predicted molar refractivity (Wildman–Crippen MR) is 129 cm³/mol. The molecule has 8 nitrogen and oxygen atoms in total. The maximum Gasteiger partial charge on any atom is 0.328 e. The summed E-state index contributed by atoms with van der Waals surface area (Å²) < 4.78 is 4.92. The first kappa shape index (κ1) is 24.5. The van der Waals surface area contributed by atoms with Gasteiger partial charge in [0.05, 0.1) is 19.2 Å². The molecule has 33 heavy (non-hydrogen) atoms. The Hall–Kier alpha value is -3.10. The summed E-state index contributed by atoms with van der Waals surface area (Å²) in [4.78, 5) is 33.6. The van der Waals surface area contributed by atoms with Crippen LogP contribution in [0.1, 0.15) is 25.2 Å². The van der Waals surface area contributed by atoms with Crippen LogP contribution in [0.2, 0.25) is 10.0 Å². The minimum Gasteiger partial charge on any atom is -0.467 e. The van der Waals surface area contributed by atoms with E-state index in [2.05, 4.69) is 25.9 Å². The Bertz CT molecular complexity index is 1160. The Balaban J connectivity index is 1.72. The first-order chi connectivity index (χ1) is 15.8. The summed E-state index contributed by atoms with van der Waals surface area (Å²) in [5.41, 5.74) is 1.43. The molecule has 2 amide bonds. The Morgan fingerprint density at radius 2 is 1.76 bits per heavy atom. The van der Waals surface area contributed by atoms with Crippen molar-refractivity contribution in [2.45, 2.75) is 33.0 Å². The summed E-state index contributed by atoms with van der Waals surface area (Å²) >= 11 is 12.0. The number of anilines is 1. The molecule has 0 bridgehead atoms. The molecular formula is C23H25Cl2N5O3. The van der Waals surface area contributed by atoms with Gasteiger partial charge in [0.25, 0.3) is 0 Å². The molecule has 10 heteroatoms. The highest BCUT2D eigenvalue weighted by atomic mass is 35.5. The zero-order chi connectivity index (χ0) is 24.0. The van der Waals surface area contributed by atoms with Gasteiger partial charge in [0.15, 0.2) is 5.82 Å². The molecule has 0 aliphatic carbocycles. The first-order valence-electron chi connectivity index (χ1n) is 10.3. The second-order valence-corrected chi connectivity index (χ2v) is 8.51. The molecule has 2 aromatic carbocycles. The highest BCUT2D eigenvalue weighted by Gasteiger charge is 2.24. The van der Waals surface area contributed by atoms with Crippen LogP contribution in [0.4, 0.5) is 10.6 Å². The molecule has 0 radical (unpaired) electrons. The normalized spacial score (nSPS) is 11.8. The van der Waals surface area contributed by atoms with Crippen LogP contribution in [0, 0.1) is 5.92 Å². The number of fused-ring (bicyclic) bond motifs is 1. The van der Waals surface area contributed by atoms with Crippen molar-refractivity contribution in [2.24, 2.45) is 5.92 Å². The molecule has 3 aromatic rings. The number of benzene rings is 2. The fraction of sp³-hybridized carbons (Fsp3) is 0.304. The number of hydrogen-bond donors (Lipinski definition) is 3. The van der Waals surface area contributed by atoms with Crippen LogP contribution in [-0.4, -0.2) is 35.1 Å². The monoisotopic (exact) mass is 489 g/mol. The van der Waals surface area contributed by atoms with Crippen molar-refractivity contribution >= 4 is 51.9 Å². The third kappa shape index (κ3) is 6.46. The summed E-state index contributed by atoms with van der Waals surface area (Å²) in [6.07, 6.45) is 0. The van der Waals surface area contributed by atoms with Gasteiger partial charge in [-0.2, -0.15) is 0 Å². The SMILES string of the molecule is COC(=O)[C@@H](Nc1nc(CNC(=O)NCc2ccc(Cl)cc2Cl)nc2ccccc12)C(C)C. The standard InChI is InChI=1S/C23H25Cl2N5O3/c1-13(2)20(22(31)33-3)30-21-16-6-4-5-7-18(16)28-19(29-21)12-27-23(32)26-11-14-8-9-15(24)10-17(14)25/h4-10,13,20H,11-12H2,1-3H3,(H2,26,27,32)(H,28,29,30)/t20-/m0/s1. The summed E-state index contributed by atoms with van der Waals surface area (Å²) in [6.45, 7) is 4.15. The molecule has 0 fully saturated rings. The molecule has 1 atom stereocenters. The lowest BCUT2D eigenvalue weighted by atomic mass is 10.0. The van der Waals surface area contributed by atoms with Gasteiger partial charge in [0.2, 0.25) is 0 Å². The Morgan fingerprint density at radius 3 is 2.45 bits per heavy atom. The summed E-state index contributed by atoms with van der Waals surface area (Å²) in [6, 6.07) is 11.5. The van der Waals surface area contributed by atoms with Crippen molar-refractivity contribution in [3.63, 3.8) is 0 Å². The largest absolute Gasteiger partial charge is 0.467 e. The molecule has 3 N–H and O–H groups in total. The van der Waals surface area contributed by atoms with Crippen LogP contribution in [0.5, 0.6) is 0 Å². The number of esters is 1. The number of urea groups is 1.